The maximum Gasteiger partial charge on any atom is 0.331 e. The van der Waals surface area contributed by atoms with Gasteiger partial charge in [-0.2, -0.15) is 0 Å². The van der Waals surface area contributed by atoms with Crippen LogP contribution < -0.4 is 5.32 Å². The highest BCUT2D eigenvalue weighted by Gasteiger charge is 2.06. The Labute approximate surface area is 106 Å². The molecule has 1 aromatic heterocycles. The second-order valence-corrected chi connectivity index (χ2v) is 4.11. The van der Waals surface area contributed by atoms with Crippen LogP contribution in [0.25, 0.3) is 6.08 Å². The summed E-state index contributed by atoms with van der Waals surface area (Å²) in [6, 6.07) is 3.56. The minimum Gasteiger partial charge on any atom is -0.462 e. The fraction of sp³-hybridized carbons (Fsp3) is 0.385. The smallest absolute Gasteiger partial charge is 0.331 e. The normalized spacial score (nSPS) is 10.9. The molecular formula is C13H17NO4. The standard InChI is InChI=1S/C13H17NO4/c1-9(2)14-12(15)8-17-13(16)7-6-11-5-4-10(3)18-11/h4-7,9H,8H2,1-3H3,(H,14,15). The first-order valence-corrected chi connectivity index (χ1v) is 5.68. The summed E-state index contributed by atoms with van der Waals surface area (Å²) in [5.74, 6) is 0.430. The summed E-state index contributed by atoms with van der Waals surface area (Å²) in [5, 5.41) is 2.62. The summed E-state index contributed by atoms with van der Waals surface area (Å²) < 4.78 is 9.99. The predicted molar refractivity (Wildman–Crippen MR) is 66.7 cm³/mol. The van der Waals surface area contributed by atoms with Gasteiger partial charge in [-0.3, -0.25) is 4.79 Å². The van der Waals surface area contributed by atoms with Gasteiger partial charge in [0, 0.05) is 12.1 Å². The third-order valence-electron chi connectivity index (χ3n) is 1.94. The Morgan fingerprint density at radius 1 is 1.44 bits per heavy atom. The van der Waals surface area contributed by atoms with E-state index < -0.39 is 5.97 Å². The molecule has 1 rings (SSSR count). The molecule has 0 bridgehead atoms. The van der Waals surface area contributed by atoms with E-state index in [2.05, 4.69) is 5.32 Å². The molecule has 1 heterocycles. The number of carbonyl (C=O) groups is 2. The van der Waals surface area contributed by atoms with Crippen molar-refractivity contribution in [2.45, 2.75) is 26.8 Å². The van der Waals surface area contributed by atoms with Crippen LogP contribution in [-0.4, -0.2) is 24.5 Å². The highest BCUT2D eigenvalue weighted by atomic mass is 16.5. The van der Waals surface area contributed by atoms with Gasteiger partial charge in [-0.25, -0.2) is 4.79 Å². The van der Waals surface area contributed by atoms with Crippen molar-refractivity contribution in [1.29, 1.82) is 0 Å². The van der Waals surface area contributed by atoms with Gasteiger partial charge in [0.2, 0.25) is 0 Å². The molecule has 0 aliphatic rings. The summed E-state index contributed by atoms with van der Waals surface area (Å²) in [4.78, 5) is 22.5. The molecule has 0 aliphatic heterocycles. The predicted octanol–water partition coefficient (Wildman–Crippen LogP) is 1.67. The molecule has 1 amide bonds. The molecule has 0 radical (unpaired) electrons. The lowest BCUT2D eigenvalue weighted by Crippen LogP contribution is -2.33. The Balaban J connectivity index is 2.33. The second kappa shape index (κ2) is 6.64. The van der Waals surface area contributed by atoms with E-state index in [1.807, 2.05) is 20.8 Å². The SMILES string of the molecule is Cc1ccc(C=CC(=O)OCC(=O)NC(C)C)o1. The Kier molecular flexibility index (Phi) is 5.17. The number of furan rings is 1. The molecule has 5 heteroatoms. The lowest BCUT2D eigenvalue weighted by atomic mass is 10.4. The van der Waals surface area contributed by atoms with E-state index >= 15 is 0 Å². The van der Waals surface area contributed by atoms with Crippen LogP contribution in [0.15, 0.2) is 22.6 Å². The van der Waals surface area contributed by atoms with Crippen LogP contribution in [0.3, 0.4) is 0 Å². The van der Waals surface area contributed by atoms with Crippen LogP contribution in [0, 0.1) is 6.92 Å². The van der Waals surface area contributed by atoms with Gasteiger partial charge in [0.15, 0.2) is 6.61 Å². The zero-order valence-corrected chi connectivity index (χ0v) is 10.7. The molecular weight excluding hydrogens is 234 g/mol. The average Bonchev–Trinajstić information content (AvgIpc) is 2.69. The first kappa shape index (κ1) is 14.0. The Bertz CT molecular complexity index is 446. The van der Waals surface area contributed by atoms with Gasteiger partial charge in [0.25, 0.3) is 5.91 Å². The molecule has 0 aromatic carbocycles. The first-order chi connectivity index (χ1) is 8.47. The van der Waals surface area contributed by atoms with Crippen LogP contribution in [0.4, 0.5) is 0 Å². The van der Waals surface area contributed by atoms with Crippen LogP contribution in [0.2, 0.25) is 0 Å². The number of rotatable bonds is 5. The molecule has 1 aromatic rings. The molecule has 0 spiro atoms. The summed E-state index contributed by atoms with van der Waals surface area (Å²) >= 11 is 0. The van der Waals surface area contributed by atoms with E-state index in [9.17, 15) is 9.59 Å². The molecule has 98 valence electrons. The molecule has 0 atom stereocenters. The van der Waals surface area contributed by atoms with Gasteiger partial charge in [-0.1, -0.05) is 0 Å². The second-order valence-electron chi connectivity index (χ2n) is 4.11. The van der Waals surface area contributed by atoms with Crippen molar-refractivity contribution in [3.63, 3.8) is 0 Å². The van der Waals surface area contributed by atoms with Crippen molar-refractivity contribution >= 4 is 18.0 Å². The van der Waals surface area contributed by atoms with Crippen molar-refractivity contribution in [3.05, 3.63) is 29.7 Å². The number of nitrogens with one attached hydrogen (secondary N) is 1. The minimum atomic E-state index is -0.581. The molecule has 18 heavy (non-hydrogen) atoms. The van der Waals surface area contributed by atoms with E-state index in [0.29, 0.717) is 5.76 Å². The first-order valence-electron chi connectivity index (χ1n) is 5.68. The molecule has 0 saturated carbocycles. The van der Waals surface area contributed by atoms with Gasteiger partial charge in [0.05, 0.1) is 0 Å². The third-order valence-corrected chi connectivity index (χ3v) is 1.94. The summed E-state index contributed by atoms with van der Waals surface area (Å²) in [6.45, 7) is 5.20. The van der Waals surface area contributed by atoms with Crippen LogP contribution in [-0.2, 0) is 14.3 Å². The van der Waals surface area contributed by atoms with E-state index in [-0.39, 0.29) is 18.6 Å². The van der Waals surface area contributed by atoms with Gasteiger partial charge in [0.1, 0.15) is 11.5 Å². The lowest BCUT2D eigenvalue weighted by molar-refractivity contribution is -0.143. The van der Waals surface area contributed by atoms with E-state index in [1.165, 1.54) is 12.2 Å². The summed E-state index contributed by atoms with van der Waals surface area (Å²) in [6.07, 6.45) is 2.72. The quantitative estimate of drug-likeness (QED) is 0.638. The van der Waals surface area contributed by atoms with Crippen molar-refractivity contribution in [3.8, 4) is 0 Å². The average molecular weight is 251 g/mol. The van der Waals surface area contributed by atoms with Gasteiger partial charge in [-0.05, 0) is 39.0 Å². The van der Waals surface area contributed by atoms with Gasteiger partial charge < -0.3 is 14.5 Å². The minimum absolute atomic E-state index is 0.0258. The highest BCUT2D eigenvalue weighted by Crippen LogP contribution is 2.07. The van der Waals surface area contributed by atoms with Crippen molar-refractivity contribution in [2.75, 3.05) is 6.61 Å². The Morgan fingerprint density at radius 3 is 2.72 bits per heavy atom. The van der Waals surface area contributed by atoms with Crippen LogP contribution in [0.1, 0.15) is 25.4 Å². The summed E-state index contributed by atoms with van der Waals surface area (Å²) in [7, 11) is 0. The van der Waals surface area contributed by atoms with Gasteiger partial charge >= 0.3 is 5.97 Å². The van der Waals surface area contributed by atoms with E-state index in [1.54, 1.807) is 12.1 Å². The molecule has 5 nitrogen and oxygen atoms in total. The van der Waals surface area contributed by atoms with E-state index in [4.69, 9.17) is 9.15 Å². The van der Waals surface area contributed by atoms with Gasteiger partial charge in [-0.15, -0.1) is 0 Å². The maximum atomic E-state index is 11.3. The monoisotopic (exact) mass is 251 g/mol. The number of esters is 1. The number of hydrogen-bond acceptors (Lipinski definition) is 4. The Hall–Kier alpha value is -2.04. The number of aryl methyl sites for hydroxylation is 1. The maximum absolute atomic E-state index is 11.3. The Morgan fingerprint density at radius 2 is 2.17 bits per heavy atom. The molecule has 0 saturated heterocycles. The molecule has 1 N–H and O–H groups in total. The van der Waals surface area contributed by atoms with Crippen molar-refractivity contribution in [2.24, 2.45) is 0 Å². The lowest BCUT2D eigenvalue weighted by Gasteiger charge is -2.07. The number of carbonyl (C=O) groups excluding carboxylic acids is 2. The van der Waals surface area contributed by atoms with E-state index in [0.717, 1.165) is 5.76 Å². The largest absolute Gasteiger partial charge is 0.462 e. The van der Waals surface area contributed by atoms with Crippen molar-refractivity contribution < 1.29 is 18.7 Å². The molecule has 0 fully saturated rings. The number of amides is 1. The number of hydrogen-bond donors (Lipinski definition) is 1. The topological polar surface area (TPSA) is 68.5 Å². The fourth-order valence-corrected chi connectivity index (χ4v) is 1.24. The van der Waals surface area contributed by atoms with Crippen LogP contribution in [0.5, 0.6) is 0 Å². The molecule has 0 unspecified atom stereocenters. The molecule has 0 aliphatic carbocycles. The summed E-state index contributed by atoms with van der Waals surface area (Å²) in [5.41, 5.74) is 0. The fourth-order valence-electron chi connectivity index (χ4n) is 1.24. The number of ether oxygens (including phenoxy) is 1. The van der Waals surface area contributed by atoms with Crippen LogP contribution >= 0.6 is 0 Å². The van der Waals surface area contributed by atoms with Crippen molar-refractivity contribution in [1.82, 2.24) is 5.32 Å². The third kappa shape index (κ3) is 5.34. The zero-order chi connectivity index (χ0) is 13.5. The highest BCUT2D eigenvalue weighted by molar-refractivity contribution is 5.88. The zero-order valence-electron chi connectivity index (χ0n) is 10.7.